The van der Waals surface area contributed by atoms with Crippen molar-refractivity contribution in [2.24, 2.45) is 5.84 Å². The molecule has 0 bridgehead atoms. The number of halogens is 2. The van der Waals surface area contributed by atoms with E-state index in [9.17, 15) is 0 Å². The highest BCUT2D eigenvalue weighted by Crippen LogP contribution is 2.34. The molecule has 1 saturated carbocycles. The zero-order valence-corrected chi connectivity index (χ0v) is 14.0. The summed E-state index contributed by atoms with van der Waals surface area (Å²) in [5.41, 5.74) is 3.89. The maximum Gasteiger partial charge on any atom is 0.0847 e. The average molecular weight is 331 g/mol. The summed E-state index contributed by atoms with van der Waals surface area (Å²) >= 11 is 12.1. The molecule has 0 aromatic heterocycles. The minimum absolute atomic E-state index is 0.0674. The number of ether oxygens (including phenoxy) is 1. The molecule has 1 aliphatic rings. The summed E-state index contributed by atoms with van der Waals surface area (Å²) in [5, 5.41) is 1.16. The summed E-state index contributed by atoms with van der Waals surface area (Å²) in [7, 11) is 1.80. The second-order valence-electron chi connectivity index (χ2n) is 5.85. The van der Waals surface area contributed by atoms with Crippen LogP contribution < -0.4 is 11.3 Å². The van der Waals surface area contributed by atoms with Gasteiger partial charge in [-0.15, -0.1) is 0 Å². The molecule has 0 heterocycles. The summed E-state index contributed by atoms with van der Waals surface area (Å²) in [5.74, 6) is 5.84. The Balaban J connectivity index is 2.18. The van der Waals surface area contributed by atoms with Crippen LogP contribution in [-0.2, 0) is 11.2 Å². The van der Waals surface area contributed by atoms with Crippen LogP contribution in [0.1, 0.15) is 44.1 Å². The summed E-state index contributed by atoms with van der Waals surface area (Å²) < 4.78 is 5.94. The molecule has 5 heteroatoms. The number of benzene rings is 1. The van der Waals surface area contributed by atoms with Crippen molar-refractivity contribution in [2.75, 3.05) is 7.11 Å². The zero-order chi connectivity index (χ0) is 15.3. The van der Waals surface area contributed by atoms with Crippen LogP contribution in [-0.4, -0.2) is 18.8 Å². The maximum absolute atomic E-state index is 6.11. The molecule has 118 valence electrons. The molecule has 3 N–H and O–H groups in total. The van der Waals surface area contributed by atoms with Crippen molar-refractivity contribution in [1.82, 2.24) is 5.43 Å². The van der Waals surface area contributed by atoms with E-state index in [1.165, 1.54) is 25.7 Å². The molecule has 1 aliphatic carbocycles. The third-order valence-electron chi connectivity index (χ3n) is 4.62. The zero-order valence-electron chi connectivity index (χ0n) is 12.5. The average Bonchev–Trinajstić information content (AvgIpc) is 2.74. The van der Waals surface area contributed by atoms with E-state index in [4.69, 9.17) is 33.8 Å². The van der Waals surface area contributed by atoms with Crippen LogP contribution in [0.5, 0.6) is 0 Å². The first-order valence-corrected chi connectivity index (χ1v) is 8.32. The molecular weight excluding hydrogens is 307 g/mol. The van der Waals surface area contributed by atoms with Crippen molar-refractivity contribution < 1.29 is 4.74 Å². The van der Waals surface area contributed by atoms with Gasteiger partial charge in [0.25, 0.3) is 0 Å². The molecule has 1 unspecified atom stereocenters. The number of nitrogens with two attached hydrogens (primary N) is 1. The summed E-state index contributed by atoms with van der Waals surface area (Å²) in [6.07, 6.45) is 7.78. The van der Waals surface area contributed by atoms with Crippen molar-refractivity contribution in [1.29, 1.82) is 0 Å². The number of nitrogens with one attached hydrogen (secondary N) is 1. The van der Waals surface area contributed by atoms with Crippen molar-refractivity contribution in [2.45, 2.75) is 56.6 Å². The fourth-order valence-corrected chi connectivity index (χ4v) is 3.64. The standard InChI is InChI=1S/C16H24Cl2N2O/c1-21-16(8-4-2-3-5-9-16)15(20-19)11-12-6-7-13(17)14(18)10-12/h6-7,10,15,20H,2-5,8-9,11,19H2,1H3. The lowest BCUT2D eigenvalue weighted by molar-refractivity contribution is -0.0527. The number of rotatable bonds is 5. The Morgan fingerprint density at radius 1 is 1.19 bits per heavy atom. The van der Waals surface area contributed by atoms with E-state index in [0.717, 1.165) is 24.8 Å². The first kappa shape index (κ1) is 17.0. The van der Waals surface area contributed by atoms with E-state index in [2.05, 4.69) is 5.43 Å². The second-order valence-corrected chi connectivity index (χ2v) is 6.67. The van der Waals surface area contributed by atoms with Crippen molar-refractivity contribution in [3.63, 3.8) is 0 Å². The monoisotopic (exact) mass is 330 g/mol. The van der Waals surface area contributed by atoms with Crippen LogP contribution in [0, 0.1) is 0 Å². The number of hydrogen-bond donors (Lipinski definition) is 2. The van der Waals surface area contributed by atoms with E-state index in [-0.39, 0.29) is 11.6 Å². The van der Waals surface area contributed by atoms with E-state index < -0.39 is 0 Å². The molecule has 0 amide bonds. The fraction of sp³-hybridized carbons (Fsp3) is 0.625. The van der Waals surface area contributed by atoms with Gasteiger partial charge in [0, 0.05) is 7.11 Å². The van der Waals surface area contributed by atoms with Crippen LogP contribution in [0.25, 0.3) is 0 Å². The van der Waals surface area contributed by atoms with E-state index in [1.54, 1.807) is 7.11 Å². The Morgan fingerprint density at radius 3 is 2.38 bits per heavy atom. The van der Waals surface area contributed by atoms with Gasteiger partial charge in [0.2, 0.25) is 0 Å². The molecule has 0 radical (unpaired) electrons. The van der Waals surface area contributed by atoms with Gasteiger partial charge in [-0.25, -0.2) is 0 Å². The molecule has 21 heavy (non-hydrogen) atoms. The van der Waals surface area contributed by atoms with Crippen molar-refractivity contribution >= 4 is 23.2 Å². The molecule has 0 saturated heterocycles. The highest BCUT2D eigenvalue weighted by Gasteiger charge is 2.38. The third-order valence-corrected chi connectivity index (χ3v) is 5.36. The Bertz CT molecular complexity index is 460. The highest BCUT2D eigenvalue weighted by atomic mass is 35.5. The first-order chi connectivity index (χ1) is 10.1. The highest BCUT2D eigenvalue weighted by molar-refractivity contribution is 6.42. The second kappa shape index (κ2) is 7.80. The summed E-state index contributed by atoms with van der Waals surface area (Å²) in [6, 6.07) is 5.81. The molecule has 1 aromatic carbocycles. The van der Waals surface area contributed by atoms with Gasteiger partial charge in [0.1, 0.15) is 0 Å². The molecule has 0 spiro atoms. The smallest absolute Gasteiger partial charge is 0.0847 e. The Morgan fingerprint density at radius 2 is 1.86 bits per heavy atom. The van der Waals surface area contributed by atoms with E-state index in [1.807, 2.05) is 18.2 Å². The first-order valence-electron chi connectivity index (χ1n) is 7.56. The van der Waals surface area contributed by atoms with Gasteiger partial charge in [0.15, 0.2) is 0 Å². The topological polar surface area (TPSA) is 47.3 Å². The van der Waals surface area contributed by atoms with Crippen molar-refractivity contribution in [3.8, 4) is 0 Å². The van der Waals surface area contributed by atoms with Gasteiger partial charge in [-0.05, 0) is 37.0 Å². The maximum atomic E-state index is 6.11. The normalized spacial score (nSPS) is 20.0. The van der Waals surface area contributed by atoms with Crippen LogP contribution in [0.4, 0.5) is 0 Å². The van der Waals surface area contributed by atoms with Gasteiger partial charge in [-0.3, -0.25) is 11.3 Å². The van der Waals surface area contributed by atoms with Gasteiger partial charge in [-0.2, -0.15) is 0 Å². The van der Waals surface area contributed by atoms with Gasteiger partial charge < -0.3 is 4.74 Å². The molecule has 3 nitrogen and oxygen atoms in total. The lowest BCUT2D eigenvalue weighted by atomic mass is 9.83. The minimum Gasteiger partial charge on any atom is -0.377 e. The lowest BCUT2D eigenvalue weighted by Gasteiger charge is -2.39. The van der Waals surface area contributed by atoms with Crippen molar-refractivity contribution in [3.05, 3.63) is 33.8 Å². The van der Waals surface area contributed by atoms with Gasteiger partial charge in [-0.1, -0.05) is 55.0 Å². The van der Waals surface area contributed by atoms with Gasteiger partial charge >= 0.3 is 0 Å². The molecule has 2 rings (SSSR count). The molecule has 0 aliphatic heterocycles. The Labute approximate surface area is 137 Å². The third kappa shape index (κ3) is 4.11. The summed E-state index contributed by atoms with van der Waals surface area (Å²) in [4.78, 5) is 0. The van der Waals surface area contributed by atoms with Gasteiger partial charge in [0.05, 0.1) is 21.7 Å². The number of hydrazine groups is 1. The fourth-order valence-electron chi connectivity index (χ4n) is 3.32. The number of hydrogen-bond acceptors (Lipinski definition) is 3. The van der Waals surface area contributed by atoms with Crippen LogP contribution in [0.3, 0.4) is 0 Å². The molecular formula is C16H24Cl2N2O. The quantitative estimate of drug-likeness (QED) is 0.485. The lowest BCUT2D eigenvalue weighted by Crippen LogP contribution is -2.55. The largest absolute Gasteiger partial charge is 0.377 e. The summed E-state index contributed by atoms with van der Waals surface area (Å²) in [6.45, 7) is 0. The SMILES string of the molecule is COC1(C(Cc2ccc(Cl)c(Cl)c2)NN)CCCCCC1. The van der Waals surface area contributed by atoms with Crippen LogP contribution >= 0.6 is 23.2 Å². The molecule has 1 atom stereocenters. The predicted octanol–water partition coefficient (Wildman–Crippen LogP) is 4.11. The minimum atomic E-state index is -0.197. The Kier molecular flexibility index (Phi) is 6.33. The van der Waals surface area contributed by atoms with Crippen LogP contribution in [0.2, 0.25) is 10.0 Å². The molecule has 1 fully saturated rings. The van der Waals surface area contributed by atoms with E-state index >= 15 is 0 Å². The predicted molar refractivity (Wildman–Crippen MR) is 88.7 cm³/mol. The number of methoxy groups -OCH3 is 1. The molecule has 1 aromatic rings. The van der Waals surface area contributed by atoms with Crippen LogP contribution in [0.15, 0.2) is 18.2 Å². The van der Waals surface area contributed by atoms with E-state index in [0.29, 0.717) is 10.0 Å². The Hall–Kier alpha value is -0.320.